The van der Waals surface area contributed by atoms with Crippen LogP contribution in [0.2, 0.25) is 0 Å². The van der Waals surface area contributed by atoms with Crippen LogP contribution in [-0.4, -0.2) is 29.3 Å². The predicted molar refractivity (Wildman–Crippen MR) is 221 cm³/mol. The summed E-state index contributed by atoms with van der Waals surface area (Å²) in [5, 5.41) is 7.55. The normalized spacial score (nSPS) is 15.7. The van der Waals surface area contributed by atoms with Gasteiger partial charge in [0.25, 0.3) is 0 Å². The first-order chi connectivity index (χ1) is 25.7. The molecular weight excluding hydrogens is 631 g/mol. The van der Waals surface area contributed by atoms with Gasteiger partial charge in [0, 0.05) is 48.1 Å². The summed E-state index contributed by atoms with van der Waals surface area (Å²) in [6.45, 7) is 0.925. The Morgan fingerprint density at radius 2 is 1.35 bits per heavy atom. The molecule has 1 aromatic heterocycles. The highest BCUT2D eigenvalue weighted by molar-refractivity contribution is 6.25. The zero-order chi connectivity index (χ0) is 34.6. The maximum absolute atomic E-state index is 4.27. The van der Waals surface area contributed by atoms with Gasteiger partial charge in [-0.2, -0.15) is 0 Å². The second-order valence-electron chi connectivity index (χ2n) is 14.1. The molecule has 0 amide bonds. The average Bonchev–Trinajstić information content (AvgIpc) is 3.54. The van der Waals surface area contributed by atoms with Crippen molar-refractivity contribution >= 4 is 55.1 Å². The number of fused-ring (bicyclic) bond motifs is 6. The number of hydrogen-bond donors (Lipinski definition) is 0. The highest BCUT2D eigenvalue weighted by atomic mass is 15.1. The van der Waals surface area contributed by atoms with Crippen LogP contribution in [0.25, 0.3) is 76.9 Å². The third-order valence-electron chi connectivity index (χ3n) is 11.0. The van der Waals surface area contributed by atoms with Gasteiger partial charge in [-0.1, -0.05) is 133 Å². The molecule has 0 aliphatic carbocycles. The highest BCUT2D eigenvalue weighted by Crippen LogP contribution is 2.43. The minimum atomic E-state index is 0.379. The zero-order valence-corrected chi connectivity index (χ0v) is 29.1. The third-order valence-corrected chi connectivity index (χ3v) is 11.0. The monoisotopic (exact) mass is 667 g/mol. The summed E-state index contributed by atoms with van der Waals surface area (Å²) in [6, 6.07) is 52.0. The Morgan fingerprint density at radius 1 is 0.615 bits per heavy atom. The Hall–Kier alpha value is -6.45. The van der Waals surface area contributed by atoms with Crippen molar-refractivity contribution in [2.45, 2.75) is 12.3 Å². The molecule has 10 rings (SSSR count). The molecule has 0 fully saturated rings. The number of benzene rings is 7. The fourth-order valence-electron chi connectivity index (χ4n) is 8.23. The van der Waals surface area contributed by atoms with E-state index in [-0.39, 0.29) is 0 Å². The van der Waals surface area contributed by atoms with Crippen LogP contribution in [0.4, 0.5) is 0 Å². The molecule has 2 aliphatic rings. The number of nitrogens with zero attached hydrogens (tertiary/aromatic N) is 3. The van der Waals surface area contributed by atoms with E-state index in [1.54, 1.807) is 0 Å². The van der Waals surface area contributed by atoms with Gasteiger partial charge in [0.2, 0.25) is 0 Å². The van der Waals surface area contributed by atoms with Crippen molar-refractivity contribution in [2.75, 3.05) is 13.6 Å². The van der Waals surface area contributed by atoms with E-state index < -0.39 is 0 Å². The molecule has 248 valence electrons. The van der Waals surface area contributed by atoms with Crippen molar-refractivity contribution in [2.24, 2.45) is 4.99 Å². The lowest BCUT2D eigenvalue weighted by Crippen LogP contribution is -2.13. The van der Waals surface area contributed by atoms with E-state index in [0.29, 0.717) is 5.92 Å². The van der Waals surface area contributed by atoms with E-state index in [9.17, 15) is 0 Å². The number of rotatable bonds is 5. The number of hydrogen-bond acceptors (Lipinski definition) is 2. The van der Waals surface area contributed by atoms with Gasteiger partial charge in [0.15, 0.2) is 0 Å². The van der Waals surface area contributed by atoms with Gasteiger partial charge >= 0.3 is 0 Å². The Kier molecular flexibility index (Phi) is 7.24. The summed E-state index contributed by atoms with van der Waals surface area (Å²) in [7, 11) is 2.11. The van der Waals surface area contributed by atoms with Crippen molar-refractivity contribution in [3.05, 3.63) is 181 Å². The molecule has 0 N–H and O–H groups in total. The number of likely N-dealkylation sites (N-methyl/N-ethyl adjacent to an activating group) is 1. The molecule has 0 saturated carbocycles. The van der Waals surface area contributed by atoms with Crippen LogP contribution in [-0.2, 0) is 0 Å². The van der Waals surface area contributed by atoms with Gasteiger partial charge in [0.1, 0.15) is 0 Å². The number of allylic oxidation sites excluding steroid dienone is 3. The van der Waals surface area contributed by atoms with Gasteiger partial charge in [-0.15, -0.1) is 0 Å². The first-order valence-electron chi connectivity index (χ1n) is 18.2. The van der Waals surface area contributed by atoms with E-state index in [4.69, 9.17) is 0 Å². The lowest BCUT2D eigenvalue weighted by Gasteiger charge is -2.17. The Morgan fingerprint density at radius 3 is 2.13 bits per heavy atom. The Labute approximate surface area is 303 Å². The first kappa shape index (κ1) is 30.4. The van der Waals surface area contributed by atoms with Crippen molar-refractivity contribution in [3.8, 4) is 27.9 Å². The van der Waals surface area contributed by atoms with Crippen molar-refractivity contribution < 1.29 is 0 Å². The molecular formula is C49H37N3. The highest BCUT2D eigenvalue weighted by Gasteiger charge is 2.20. The molecule has 1 atom stereocenters. The molecule has 8 aromatic rings. The van der Waals surface area contributed by atoms with Gasteiger partial charge in [-0.3, -0.25) is 4.99 Å². The second kappa shape index (κ2) is 12.4. The molecule has 1 unspecified atom stereocenters. The van der Waals surface area contributed by atoms with Crippen molar-refractivity contribution in [1.29, 1.82) is 0 Å². The van der Waals surface area contributed by atoms with Crippen molar-refractivity contribution in [3.63, 3.8) is 0 Å². The summed E-state index contributed by atoms with van der Waals surface area (Å²) in [4.78, 5) is 6.46. The summed E-state index contributed by atoms with van der Waals surface area (Å²) >= 11 is 0. The van der Waals surface area contributed by atoms with Crippen LogP contribution < -0.4 is 0 Å². The lowest BCUT2D eigenvalue weighted by atomic mass is 9.92. The summed E-state index contributed by atoms with van der Waals surface area (Å²) in [5.74, 6) is 0.379. The minimum Gasteiger partial charge on any atom is -0.377 e. The maximum Gasteiger partial charge on any atom is 0.0553 e. The molecule has 2 aliphatic heterocycles. The van der Waals surface area contributed by atoms with Crippen molar-refractivity contribution in [1.82, 2.24) is 9.47 Å². The largest absolute Gasteiger partial charge is 0.377 e. The molecule has 0 bridgehead atoms. The average molecular weight is 668 g/mol. The van der Waals surface area contributed by atoms with Crippen LogP contribution >= 0.6 is 0 Å². The molecule has 0 spiro atoms. The fraction of sp³-hybridized carbons (Fsp3) is 0.0816. The SMILES string of the molecule is CN1C=CC(c2ccc(-c3cc4c(c5ccccc35)c3ccc(-c5ccc(C6C=CN=CC6)cc5)cc3n4-c3cccc4ccccc34)cc2)=CC1. The van der Waals surface area contributed by atoms with E-state index in [1.165, 1.54) is 88.0 Å². The van der Waals surface area contributed by atoms with Crippen LogP contribution in [0, 0.1) is 0 Å². The topological polar surface area (TPSA) is 20.5 Å². The standard InChI is InChI=1S/C49H37N3/c1-51-29-25-37(26-30-51)34-17-19-39(20-18-34)45-32-48-49(43-11-5-4-10-42(43)45)44-22-21-40(35-15-13-33(14-16-35)36-23-27-50-28-24-36)31-47(44)52(48)46-12-6-8-38-7-2-3-9-41(38)46/h2-23,25-29,31-32,36H,24,30H2,1H3. The Bertz CT molecular complexity index is 2790. The maximum atomic E-state index is 4.27. The lowest BCUT2D eigenvalue weighted by molar-refractivity contribution is 0.506. The zero-order valence-electron chi connectivity index (χ0n) is 29.1. The van der Waals surface area contributed by atoms with E-state index in [2.05, 4.69) is 185 Å². The summed E-state index contributed by atoms with van der Waals surface area (Å²) in [5.41, 5.74) is 12.3. The quantitative estimate of drug-likeness (QED) is 0.179. The first-order valence-corrected chi connectivity index (χ1v) is 18.2. The van der Waals surface area contributed by atoms with Gasteiger partial charge < -0.3 is 9.47 Å². The third kappa shape index (κ3) is 5.08. The van der Waals surface area contributed by atoms with E-state index in [0.717, 1.165) is 13.0 Å². The predicted octanol–water partition coefficient (Wildman–Crippen LogP) is 12.3. The molecule has 0 radical (unpaired) electrons. The van der Waals surface area contributed by atoms with Crippen LogP contribution in [0.5, 0.6) is 0 Å². The molecule has 3 heteroatoms. The molecule has 52 heavy (non-hydrogen) atoms. The minimum absolute atomic E-state index is 0.379. The molecule has 7 aromatic carbocycles. The Balaban J connectivity index is 1.20. The summed E-state index contributed by atoms with van der Waals surface area (Å²) < 4.78 is 2.51. The molecule has 3 heterocycles. The summed E-state index contributed by atoms with van der Waals surface area (Å²) in [6.07, 6.45) is 13.7. The van der Waals surface area contributed by atoms with Gasteiger partial charge in [-0.05, 0) is 92.0 Å². The van der Waals surface area contributed by atoms with Gasteiger partial charge in [-0.25, -0.2) is 0 Å². The molecule has 0 saturated heterocycles. The van der Waals surface area contributed by atoms with Crippen LogP contribution in [0.1, 0.15) is 23.5 Å². The fourth-order valence-corrected chi connectivity index (χ4v) is 8.23. The van der Waals surface area contributed by atoms with Gasteiger partial charge in [0.05, 0.1) is 16.7 Å². The smallest absolute Gasteiger partial charge is 0.0553 e. The number of aliphatic imine (C=N–C) groups is 1. The number of aromatic nitrogens is 1. The van der Waals surface area contributed by atoms with Crippen LogP contribution in [0.3, 0.4) is 0 Å². The van der Waals surface area contributed by atoms with Crippen LogP contribution in [0.15, 0.2) is 175 Å². The molecule has 3 nitrogen and oxygen atoms in total. The van der Waals surface area contributed by atoms with E-state index in [1.807, 2.05) is 12.4 Å². The second-order valence-corrected chi connectivity index (χ2v) is 14.1. The van der Waals surface area contributed by atoms with E-state index >= 15 is 0 Å².